The van der Waals surface area contributed by atoms with Gasteiger partial charge in [-0.1, -0.05) is 0 Å². The number of hydrogen-bond donors (Lipinski definition) is 1. The van der Waals surface area contributed by atoms with Gasteiger partial charge in [0.1, 0.15) is 0 Å². The summed E-state index contributed by atoms with van der Waals surface area (Å²) in [5.41, 5.74) is 2.30. The molecule has 0 aliphatic rings. The number of ether oxygens (including phenoxy) is 2. The molecule has 0 aliphatic heterocycles. The molecule has 0 saturated heterocycles. The lowest BCUT2D eigenvalue weighted by molar-refractivity contribution is -0.119. The van der Waals surface area contributed by atoms with Crippen molar-refractivity contribution in [1.29, 1.82) is 0 Å². The third-order valence-corrected chi connectivity index (χ3v) is 3.76. The highest BCUT2D eigenvalue weighted by Crippen LogP contribution is 2.31. The minimum Gasteiger partial charge on any atom is -0.493 e. The number of benzene rings is 1. The van der Waals surface area contributed by atoms with Crippen molar-refractivity contribution in [3.8, 4) is 11.5 Å². The van der Waals surface area contributed by atoms with E-state index in [1.54, 1.807) is 26.0 Å². The van der Waals surface area contributed by atoms with Gasteiger partial charge in [-0.15, -0.1) is 11.8 Å². The molecule has 0 saturated carbocycles. The second-order valence-corrected chi connectivity index (χ2v) is 5.83. The Kier molecular flexibility index (Phi) is 6.71. The molecule has 0 unspecified atom stereocenters. The zero-order valence-electron chi connectivity index (χ0n) is 12.8. The van der Waals surface area contributed by atoms with Crippen LogP contribution < -0.4 is 14.8 Å². The summed E-state index contributed by atoms with van der Waals surface area (Å²) < 4.78 is 10.6. The van der Waals surface area contributed by atoms with Crippen LogP contribution in [0.4, 0.5) is 0 Å². The smallest absolute Gasteiger partial charge is 0.230 e. The second kappa shape index (κ2) is 8.04. The highest BCUT2D eigenvalue weighted by molar-refractivity contribution is 7.99. The zero-order chi connectivity index (χ0) is 15.1. The van der Waals surface area contributed by atoms with Crippen LogP contribution in [0.2, 0.25) is 0 Å². The van der Waals surface area contributed by atoms with Crippen molar-refractivity contribution in [3.05, 3.63) is 23.3 Å². The molecule has 1 N–H and O–H groups in total. The van der Waals surface area contributed by atoms with Crippen LogP contribution in [-0.4, -0.2) is 31.9 Å². The summed E-state index contributed by atoms with van der Waals surface area (Å²) in [7, 11) is 3.25. The normalized spacial score (nSPS) is 10.5. The number of hydrogen-bond acceptors (Lipinski definition) is 4. The number of thioether (sulfide) groups is 1. The number of rotatable bonds is 7. The van der Waals surface area contributed by atoms with Gasteiger partial charge in [0.25, 0.3) is 0 Å². The van der Waals surface area contributed by atoms with Crippen molar-refractivity contribution in [2.75, 3.05) is 20.0 Å². The molecule has 5 heteroatoms. The van der Waals surface area contributed by atoms with E-state index in [1.165, 1.54) is 0 Å². The maximum absolute atomic E-state index is 11.6. The van der Waals surface area contributed by atoms with Gasteiger partial charge in [-0.05, 0) is 44.0 Å². The number of carbonyl (C=O) groups excluding carboxylic acids is 1. The Morgan fingerprint density at radius 3 is 2.40 bits per heavy atom. The van der Waals surface area contributed by atoms with E-state index in [0.717, 1.165) is 28.4 Å². The fraction of sp³-hybridized carbons (Fsp3) is 0.533. The Labute approximate surface area is 125 Å². The van der Waals surface area contributed by atoms with Gasteiger partial charge in [-0.25, -0.2) is 0 Å². The Balaban J connectivity index is 2.62. The Morgan fingerprint density at radius 1 is 1.25 bits per heavy atom. The summed E-state index contributed by atoms with van der Waals surface area (Å²) >= 11 is 1.59. The van der Waals surface area contributed by atoms with E-state index < -0.39 is 0 Å². The van der Waals surface area contributed by atoms with Gasteiger partial charge in [0.2, 0.25) is 5.91 Å². The zero-order valence-corrected chi connectivity index (χ0v) is 13.6. The first kappa shape index (κ1) is 16.7. The molecule has 4 nitrogen and oxygen atoms in total. The van der Waals surface area contributed by atoms with Gasteiger partial charge >= 0.3 is 0 Å². The first-order chi connectivity index (χ1) is 9.47. The SMILES string of the molecule is COc1cc(C)c(CSCC(=O)NC(C)C)cc1OC. The molecule has 1 aromatic rings. The van der Waals surface area contributed by atoms with Crippen molar-refractivity contribution in [1.82, 2.24) is 5.32 Å². The van der Waals surface area contributed by atoms with E-state index in [4.69, 9.17) is 9.47 Å². The van der Waals surface area contributed by atoms with Crippen LogP contribution in [0, 0.1) is 6.92 Å². The summed E-state index contributed by atoms with van der Waals surface area (Å²) in [6.45, 7) is 5.95. The highest BCUT2D eigenvalue weighted by atomic mass is 32.2. The molecule has 112 valence electrons. The Bertz CT molecular complexity index is 461. The minimum absolute atomic E-state index is 0.0723. The van der Waals surface area contributed by atoms with Gasteiger partial charge in [-0.3, -0.25) is 4.79 Å². The van der Waals surface area contributed by atoms with Crippen LogP contribution >= 0.6 is 11.8 Å². The molecule has 0 heterocycles. The van der Waals surface area contributed by atoms with E-state index in [9.17, 15) is 4.79 Å². The topological polar surface area (TPSA) is 47.6 Å². The molecule has 1 amide bonds. The van der Waals surface area contributed by atoms with E-state index >= 15 is 0 Å². The number of aryl methyl sites for hydroxylation is 1. The molecule has 0 spiro atoms. The summed E-state index contributed by atoms with van der Waals surface area (Å²) in [6, 6.07) is 4.12. The monoisotopic (exact) mass is 297 g/mol. The maximum Gasteiger partial charge on any atom is 0.230 e. The quantitative estimate of drug-likeness (QED) is 0.840. The Morgan fingerprint density at radius 2 is 1.85 bits per heavy atom. The highest BCUT2D eigenvalue weighted by Gasteiger charge is 2.09. The van der Waals surface area contributed by atoms with Gasteiger partial charge in [-0.2, -0.15) is 0 Å². The summed E-state index contributed by atoms with van der Waals surface area (Å²) in [4.78, 5) is 11.6. The van der Waals surface area contributed by atoms with Crippen molar-refractivity contribution < 1.29 is 14.3 Å². The van der Waals surface area contributed by atoms with E-state index in [0.29, 0.717) is 5.75 Å². The molecule has 1 aromatic carbocycles. The molecule has 0 fully saturated rings. The lowest BCUT2D eigenvalue weighted by Crippen LogP contribution is -2.31. The van der Waals surface area contributed by atoms with Gasteiger partial charge in [0, 0.05) is 11.8 Å². The van der Waals surface area contributed by atoms with Crippen LogP contribution in [0.5, 0.6) is 11.5 Å². The molecule has 20 heavy (non-hydrogen) atoms. The molecule has 0 atom stereocenters. The van der Waals surface area contributed by atoms with Crippen LogP contribution in [-0.2, 0) is 10.5 Å². The number of amides is 1. The van der Waals surface area contributed by atoms with Gasteiger partial charge in [0.05, 0.1) is 20.0 Å². The van der Waals surface area contributed by atoms with Crippen molar-refractivity contribution in [2.24, 2.45) is 0 Å². The average Bonchev–Trinajstić information content (AvgIpc) is 2.39. The number of nitrogens with one attached hydrogen (secondary N) is 1. The summed E-state index contributed by atoms with van der Waals surface area (Å²) in [5.74, 6) is 2.77. The lowest BCUT2D eigenvalue weighted by Gasteiger charge is -2.13. The third kappa shape index (κ3) is 4.96. The first-order valence-corrected chi connectivity index (χ1v) is 7.72. The molecule has 1 rings (SSSR count). The van der Waals surface area contributed by atoms with E-state index in [-0.39, 0.29) is 11.9 Å². The predicted octanol–water partition coefficient (Wildman–Crippen LogP) is 2.77. The predicted molar refractivity (Wildman–Crippen MR) is 83.7 cm³/mol. The maximum atomic E-state index is 11.6. The first-order valence-electron chi connectivity index (χ1n) is 6.56. The molecular formula is C15H23NO3S. The largest absolute Gasteiger partial charge is 0.493 e. The molecule has 0 bridgehead atoms. The fourth-order valence-corrected chi connectivity index (χ4v) is 2.70. The Hall–Kier alpha value is -1.36. The van der Waals surface area contributed by atoms with Crippen LogP contribution in [0.1, 0.15) is 25.0 Å². The van der Waals surface area contributed by atoms with Crippen LogP contribution in [0.25, 0.3) is 0 Å². The minimum atomic E-state index is 0.0723. The molecular weight excluding hydrogens is 274 g/mol. The summed E-state index contributed by atoms with van der Waals surface area (Å²) in [6.07, 6.45) is 0. The van der Waals surface area contributed by atoms with Crippen molar-refractivity contribution in [3.63, 3.8) is 0 Å². The van der Waals surface area contributed by atoms with Crippen molar-refractivity contribution in [2.45, 2.75) is 32.6 Å². The molecule has 0 radical (unpaired) electrons. The second-order valence-electron chi connectivity index (χ2n) is 4.85. The van der Waals surface area contributed by atoms with Gasteiger partial charge < -0.3 is 14.8 Å². The third-order valence-electron chi connectivity index (χ3n) is 2.78. The van der Waals surface area contributed by atoms with E-state index in [2.05, 4.69) is 5.32 Å². The van der Waals surface area contributed by atoms with Crippen LogP contribution in [0.3, 0.4) is 0 Å². The van der Waals surface area contributed by atoms with Crippen molar-refractivity contribution >= 4 is 17.7 Å². The number of methoxy groups -OCH3 is 2. The standard InChI is InChI=1S/C15H23NO3S/c1-10(2)16-15(17)9-20-8-12-7-14(19-5)13(18-4)6-11(12)3/h6-7,10H,8-9H2,1-5H3,(H,16,17). The average molecular weight is 297 g/mol. The lowest BCUT2D eigenvalue weighted by atomic mass is 10.1. The molecule has 0 aliphatic carbocycles. The van der Waals surface area contributed by atoms with Gasteiger partial charge in [0.15, 0.2) is 11.5 Å². The number of carbonyl (C=O) groups is 1. The fourth-order valence-electron chi connectivity index (χ4n) is 1.80. The van der Waals surface area contributed by atoms with Crippen LogP contribution in [0.15, 0.2) is 12.1 Å². The van der Waals surface area contributed by atoms with E-state index in [1.807, 2.05) is 32.9 Å². The summed E-state index contributed by atoms with van der Waals surface area (Å²) in [5, 5.41) is 2.88. The molecule has 0 aromatic heterocycles.